The fourth-order valence-corrected chi connectivity index (χ4v) is 4.24. The Kier molecular flexibility index (Phi) is 11.5. The number of carbonyl (C=O) groups is 5. The van der Waals surface area contributed by atoms with Gasteiger partial charge in [-0.1, -0.05) is 52.3 Å². The topological polar surface area (TPSA) is 209 Å². The van der Waals surface area contributed by atoms with E-state index < -0.39 is 60.2 Å². The minimum Gasteiger partial charge on any atom is -0.480 e. The maximum absolute atomic E-state index is 13.5. The number of benzene rings is 1. The molecular weight excluding hydrogens is 504 g/mol. The van der Waals surface area contributed by atoms with Gasteiger partial charge in [0.05, 0.1) is 12.5 Å². The van der Waals surface area contributed by atoms with Crippen LogP contribution in [0.2, 0.25) is 0 Å². The predicted octanol–water partition coefficient (Wildman–Crippen LogP) is 0.544. The molecule has 0 saturated heterocycles. The summed E-state index contributed by atoms with van der Waals surface area (Å²) in [5.74, 6) is -4.37. The zero-order valence-electron chi connectivity index (χ0n) is 22.8. The third-order valence-electron chi connectivity index (χ3n) is 6.61. The molecule has 0 spiro atoms. The number of carboxylic acids is 1. The van der Waals surface area contributed by atoms with E-state index in [-0.39, 0.29) is 18.3 Å². The molecule has 12 nitrogen and oxygen atoms in total. The third-order valence-corrected chi connectivity index (χ3v) is 6.61. The van der Waals surface area contributed by atoms with Gasteiger partial charge in [0, 0.05) is 23.5 Å². The number of rotatable bonds is 15. The highest BCUT2D eigenvalue weighted by Gasteiger charge is 2.33. The van der Waals surface area contributed by atoms with Crippen LogP contribution in [0.5, 0.6) is 0 Å². The molecule has 0 radical (unpaired) electrons. The first-order valence-electron chi connectivity index (χ1n) is 13.1. The van der Waals surface area contributed by atoms with Crippen LogP contribution in [0.3, 0.4) is 0 Å². The average molecular weight is 545 g/mol. The second-order valence-electron chi connectivity index (χ2n) is 10.3. The van der Waals surface area contributed by atoms with Crippen LogP contribution in [0.4, 0.5) is 0 Å². The Hall–Kier alpha value is -3.93. The standard InChI is InChI=1S/C27H40N6O6/c1-5-15(4)23(33-24(35)18(28)10-14(2)3)26(37)31-20(25(36)32-21(27(38)39)12-22(29)34)11-16-13-30-19-9-7-6-8-17(16)19/h6-9,13-15,18,20-21,23,30H,5,10-12,28H2,1-4H3,(H2,29,34)(H,31,37)(H,32,36)(H,33,35)(H,38,39). The lowest BCUT2D eigenvalue weighted by molar-refractivity contribution is -0.143. The largest absolute Gasteiger partial charge is 0.480 e. The Labute approximate surface area is 227 Å². The number of hydrogen-bond acceptors (Lipinski definition) is 6. The Morgan fingerprint density at radius 3 is 2.18 bits per heavy atom. The summed E-state index contributed by atoms with van der Waals surface area (Å²) >= 11 is 0. The van der Waals surface area contributed by atoms with Crippen LogP contribution in [-0.4, -0.2) is 63.9 Å². The van der Waals surface area contributed by atoms with Crippen LogP contribution < -0.4 is 27.4 Å². The number of carbonyl (C=O) groups excluding carboxylic acids is 4. The van der Waals surface area contributed by atoms with Crippen molar-refractivity contribution in [2.24, 2.45) is 23.3 Å². The molecule has 4 amide bonds. The first kappa shape index (κ1) is 31.3. The number of H-pyrrole nitrogens is 1. The molecule has 1 aromatic heterocycles. The van der Waals surface area contributed by atoms with Gasteiger partial charge in [-0.05, 0) is 29.9 Å². The molecule has 214 valence electrons. The summed E-state index contributed by atoms with van der Waals surface area (Å²) in [6, 6.07) is 2.79. The van der Waals surface area contributed by atoms with Crippen LogP contribution >= 0.6 is 0 Å². The van der Waals surface area contributed by atoms with E-state index in [0.29, 0.717) is 18.4 Å². The molecule has 0 aliphatic heterocycles. The molecule has 1 heterocycles. The van der Waals surface area contributed by atoms with Crippen molar-refractivity contribution in [2.75, 3.05) is 0 Å². The van der Waals surface area contributed by atoms with Crippen molar-refractivity contribution in [3.63, 3.8) is 0 Å². The van der Waals surface area contributed by atoms with E-state index in [1.165, 1.54) is 0 Å². The number of aromatic amines is 1. The summed E-state index contributed by atoms with van der Waals surface area (Å²) in [5, 5.41) is 18.0. The van der Waals surface area contributed by atoms with Crippen LogP contribution in [0, 0.1) is 11.8 Å². The summed E-state index contributed by atoms with van der Waals surface area (Å²) in [6.45, 7) is 7.52. The lowest BCUT2D eigenvalue weighted by atomic mass is 9.96. The number of aromatic nitrogens is 1. The van der Waals surface area contributed by atoms with E-state index in [4.69, 9.17) is 11.5 Å². The second kappa shape index (κ2) is 14.3. The Morgan fingerprint density at radius 2 is 1.59 bits per heavy atom. The first-order chi connectivity index (χ1) is 18.3. The van der Waals surface area contributed by atoms with Crippen molar-refractivity contribution < 1.29 is 29.1 Å². The molecule has 5 unspecified atom stereocenters. The minimum absolute atomic E-state index is 0.0124. The van der Waals surface area contributed by atoms with Crippen molar-refractivity contribution in [3.8, 4) is 0 Å². The number of primary amides is 1. The van der Waals surface area contributed by atoms with Gasteiger partial charge < -0.3 is 37.5 Å². The van der Waals surface area contributed by atoms with Crippen molar-refractivity contribution in [1.29, 1.82) is 0 Å². The molecule has 39 heavy (non-hydrogen) atoms. The maximum atomic E-state index is 13.5. The monoisotopic (exact) mass is 544 g/mol. The van der Waals surface area contributed by atoms with Gasteiger partial charge in [0.2, 0.25) is 23.6 Å². The molecule has 2 rings (SSSR count). The molecule has 2 aromatic rings. The maximum Gasteiger partial charge on any atom is 0.326 e. The Bertz CT molecular complexity index is 1180. The van der Waals surface area contributed by atoms with Gasteiger partial charge in [0.1, 0.15) is 18.1 Å². The van der Waals surface area contributed by atoms with Crippen molar-refractivity contribution in [3.05, 3.63) is 36.0 Å². The van der Waals surface area contributed by atoms with Crippen LogP contribution in [0.25, 0.3) is 10.9 Å². The fraction of sp³-hybridized carbons (Fsp3) is 0.519. The lowest BCUT2D eigenvalue weighted by Crippen LogP contribution is -2.59. The van der Waals surface area contributed by atoms with Crippen LogP contribution in [0.15, 0.2) is 30.5 Å². The highest BCUT2D eigenvalue weighted by atomic mass is 16.4. The summed E-state index contributed by atoms with van der Waals surface area (Å²) in [6.07, 6.45) is 2.08. The van der Waals surface area contributed by atoms with E-state index in [0.717, 1.165) is 10.9 Å². The highest BCUT2D eigenvalue weighted by Crippen LogP contribution is 2.20. The molecule has 0 aliphatic carbocycles. The molecule has 5 atom stereocenters. The van der Waals surface area contributed by atoms with Gasteiger partial charge in [-0.3, -0.25) is 19.2 Å². The second-order valence-corrected chi connectivity index (χ2v) is 10.3. The number of nitrogens with two attached hydrogens (primary N) is 2. The van der Waals surface area contributed by atoms with Gasteiger partial charge in [-0.25, -0.2) is 4.79 Å². The quantitative estimate of drug-likeness (QED) is 0.169. The number of fused-ring (bicyclic) bond motifs is 1. The number of aliphatic carboxylic acids is 1. The SMILES string of the molecule is CCC(C)C(NC(=O)C(N)CC(C)C)C(=O)NC(Cc1c[nH]c2ccccc12)C(=O)NC(CC(N)=O)C(=O)O. The number of amides is 4. The molecule has 9 N–H and O–H groups in total. The zero-order valence-corrected chi connectivity index (χ0v) is 22.8. The smallest absolute Gasteiger partial charge is 0.326 e. The Morgan fingerprint density at radius 1 is 0.949 bits per heavy atom. The molecule has 0 fully saturated rings. The minimum atomic E-state index is -1.57. The molecule has 0 aliphatic rings. The average Bonchev–Trinajstić information content (AvgIpc) is 3.27. The summed E-state index contributed by atoms with van der Waals surface area (Å²) in [5.41, 5.74) is 12.7. The van der Waals surface area contributed by atoms with Crippen LogP contribution in [-0.2, 0) is 30.4 Å². The van der Waals surface area contributed by atoms with E-state index in [9.17, 15) is 29.1 Å². The molecule has 0 bridgehead atoms. The Balaban J connectivity index is 2.34. The van der Waals surface area contributed by atoms with E-state index in [2.05, 4.69) is 20.9 Å². The molecule has 1 aromatic carbocycles. The molecule has 0 saturated carbocycles. The van der Waals surface area contributed by atoms with Gasteiger partial charge in [-0.15, -0.1) is 0 Å². The van der Waals surface area contributed by atoms with E-state index in [1.54, 1.807) is 13.1 Å². The highest BCUT2D eigenvalue weighted by molar-refractivity contribution is 5.95. The normalized spacial score (nSPS) is 15.1. The van der Waals surface area contributed by atoms with Gasteiger partial charge in [-0.2, -0.15) is 0 Å². The number of carboxylic acid groups (broad SMARTS) is 1. The van der Waals surface area contributed by atoms with Crippen molar-refractivity contribution >= 4 is 40.5 Å². The number of para-hydroxylation sites is 1. The summed E-state index contributed by atoms with van der Waals surface area (Å²) < 4.78 is 0. The lowest BCUT2D eigenvalue weighted by Gasteiger charge is -2.28. The molecular formula is C27H40N6O6. The molecule has 12 heteroatoms. The van der Waals surface area contributed by atoms with Crippen molar-refractivity contribution in [1.82, 2.24) is 20.9 Å². The fourth-order valence-electron chi connectivity index (χ4n) is 4.24. The third kappa shape index (κ3) is 9.10. The summed E-state index contributed by atoms with van der Waals surface area (Å²) in [4.78, 5) is 65.6. The van der Waals surface area contributed by atoms with Gasteiger partial charge in [0.25, 0.3) is 0 Å². The first-order valence-corrected chi connectivity index (χ1v) is 13.1. The number of hydrogen-bond donors (Lipinski definition) is 7. The van der Waals surface area contributed by atoms with Crippen molar-refractivity contribution in [2.45, 2.75) is 77.5 Å². The number of nitrogens with one attached hydrogen (secondary N) is 4. The van der Waals surface area contributed by atoms with E-state index in [1.807, 2.05) is 45.0 Å². The zero-order chi connectivity index (χ0) is 29.3. The van der Waals surface area contributed by atoms with E-state index >= 15 is 0 Å². The summed E-state index contributed by atoms with van der Waals surface area (Å²) in [7, 11) is 0. The van der Waals surface area contributed by atoms with Crippen LogP contribution in [0.1, 0.15) is 52.5 Å². The predicted molar refractivity (Wildman–Crippen MR) is 146 cm³/mol. The van der Waals surface area contributed by atoms with Gasteiger partial charge >= 0.3 is 5.97 Å². The van der Waals surface area contributed by atoms with Gasteiger partial charge in [0.15, 0.2) is 0 Å².